The van der Waals surface area contributed by atoms with Crippen LogP contribution in [-0.4, -0.2) is 17.2 Å². The molecular weight excluding hydrogens is 142 g/mol. The zero-order chi connectivity index (χ0) is 7.28. The van der Waals surface area contributed by atoms with E-state index >= 15 is 0 Å². The lowest BCUT2D eigenvalue weighted by Crippen LogP contribution is -2.32. The summed E-state index contributed by atoms with van der Waals surface area (Å²) < 4.78 is 0. The number of carbonyl (C=O) groups is 1. The van der Waals surface area contributed by atoms with Gasteiger partial charge in [0.2, 0.25) is 11.2 Å². The molecule has 0 heterocycles. The van der Waals surface area contributed by atoms with E-state index in [1.54, 1.807) is 0 Å². The lowest BCUT2D eigenvalue weighted by Gasteiger charge is -1.91. The molecule has 0 saturated heterocycles. The van der Waals surface area contributed by atoms with Gasteiger partial charge in [-0.25, -0.2) is 9.59 Å². The summed E-state index contributed by atoms with van der Waals surface area (Å²) >= 11 is 4.29. The Morgan fingerprint density at radius 3 is 2.67 bits per heavy atom. The molecule has 0 aliphatic carbocycles. The van der Waals surface area contributed by atoms with Crippen molar-refractivity contribution in [2.45, 2.75) is 0 Å². The van der Waals surface area contributed by atoms with Gasteiger partial charge in [0, 0.05) is 0 Å². The molecule has 5 nitrogen and oxygen atoms in total. The molecule has 0 atom stereocenters. The standard InChI is InChI=1S/C3H3N3O2S/c4-2(8)6-3(9)5-1-7/h(H3,4,6,8,9). The van der Waals surface area contributed by atoms with Gasteiger partial charge in [-0.3, -0.25) is 5.32 Å². The second kappa shape index (κ2) is 3.71. The van der Waals surface area contributed by atoms with Crippen molar-refractivity contribution in [2.24, 2.45) is 10.7 Å². The number of nitrogens with zero attached hydrogens (tertiary/aromatic N) is 1. The van der Waals surface area contributed by atoms with E-state index in [0.717, 1.165) is 6.08 Å². The molecule has 0 unspecified atom stereocenters. The van der Waals surface area contributed by atoms with E-state index in [0.29, 0.717) is 0 Å². The number of rotatable bonds is 0. The predicted octanol–water partition coefficient (Wildman–Crippen LogP) is -0.725. The lowest BCUT2D eigenvalue weighted by molar-refractivity contribution is 0.253. The molecule has 0 fully saturated rings. The second-order valence-electron chi connectivity index (χ2n) is 0.997. The number of isocyanates is 1. The van der Waals surface area contributed by atoms with Crippen molar-refractivity contribution in [3.05, 3.63) is 0 Å². The molecule has 0 radical (unpaired) electrons. The topological polar surface area (TPSA) is 84.6 Å². The first-order chi connectivity index (χ1) is 4.16. The number of amides is 2. The number of aliphatic imine (C=N–C) groups is 1. The number of hydrogen-bond donors (Lipinski definition) is 2. The Balaban J connectivity index is 3.78. The predicted molar refractivity (Wildman–Crippen MR) is 33.4 cm³/mol. The molecule has 0 aromatic carbocycles. The molecule has 0 bridgehead atoms. The molecule has 0 aliphatic rings. The van der Waals surface area contributed by atoms with Crippen molar-refractivity contribution >= 4 is 29.4 Å². The minimum absolute atomic E-state index is 0.280. The van der Waals surface area contributed by atoms with Crippen molar-refractivity contribution in [3.8, 4) is 0 Å². The van der Waals surface area contributed by atoms with Crippen LogP contribution >= 0.6 is 12.2 Å². The van der Waals surface area contributed by atoms with Gasteiger partial charge in [0.25, 0.3) is 0 Å². The Labute approximate surface area is 55.9 Å². The molecule has 0 aromatic heterocycles. The minimum Gasteiger partial charge on any atom is -0.351 e. The SMILES string of the molecule is NC(=O)NC(=S)N=C=O. The van der Waals surface area contributed by atoms with E-state index in [2.05, 4.69) is 22.9 Å². The van der Waals surface area contributed by atoms with Crippen molar-refractivity contribution in [1.82, 2.24) is 5.32 Å². The van der Waals surface area contributed by atoms with Crippen LogP contribution in [0, 0.1) is 0 Å². The number of nitrogens with two attached hydrogens (primary N) is 1. The summed E-state index contributed by atoms with van der Waals surface area (Å²) in [6.45, 7) is 0. The van der Waals surface area contributed by atoms with Crippen LogP contribution in [0.15, 0.2) is 4.99 Å². The largest absolute Gasteiger partial charge is 0.351 e. The van der Waals surface area contributed by atoms with E-state index in [1.807, 2.05) is 5.32 Å². The normalized spacial score (nSPS) is 7.11. The quantitative estimate of drug-likeness (QED) is 0.268. The van der Waals surface area contributed by atoms with Gasteiger partial charge in [0.05, 0.1) is 0 Å². The molecule has 6 heteroatoms. The number of carbonyl (C=O) groups excluding carboxylic acids is 2. The molecular formula is C3H3N3O2S. The Hall–Kier alpha value is -1.26. The number of nitrogens with one attached hydrogen (secondary N) is 1. The van der Waals surface area contributed by atoms with Crippen molar-refractivity contribution < 1.29 is 9.59 Å². The Kier molecular flexibility index (Phi) is 3.19. The van der Waals surface area contributed by atoms with E-state index in [1.165, 1.54) is 0 Å². The van der Waals surface area contributed by atoms with Gasteiger partial charge >= 0.3 is 6.03 Å². The molecule has 9 heavy (non-hydrogen) atoms. The van der Waals surface area contributed by atoms with Gasteiger partial charge in [-0.1, -0.05) is 0 Å². The van der Waals surface area contributed by atoms with Gasteiger partial charge < -0.3 is 5.73 Å². The highest BCUT2D eigenvalue weighted by molar-refractivity contribution is 7.80. The van der Waals surface area contributed by atoms with Crippen LogP contribution in [0.3, 0.4) is 0 Å². The average molecular weight is 145 g/mol. The monoisotopic (exact) mass is 145 g/mol. The van der Waals surface area contributed by atoms with Gasteiger partial charge in [0.1, 0.15) is 0 Å². The first-order valence-electron chi connectivity index (χ1n) is 1.85. The molecule has 48 valence electrons. The highest BCUT2D eigenvalue weighted by atomic mass is 32.1. The first-order valence-corrected chi connectivity index (χ1v) is 2.26. The maximum atomic E-state index is 9.92. The number of primary amides is 1. The number of thiocarbonyl (C=S) groups is 1. The van der Waals surface area contributed by atoms with E-state index in [4.69, 9.17) is 0 Å². The fraction of sp³-hybridized carbons (Fsp3) is 0. The molecule has 0 rings (SSSR count). The number of urea groups is 1. The first kappa shape index (κ1) is 7.74. The van der Waals surface area contributed by atoms with E-state index < -0.39 is 6.03 Å². The number of hydrogen-bond acceptors (Lipinski definition) is 3. The third-order valence-electron chi connectivity index (χ3n) is 0.377. The summed E-state index contributed by atoms with van der Waals surface area (Å²) in [6.07, 6.45) is 1.14. The molecule has 0 aliphatic heterocycles. The summed E-state index contributed by atoms with van der Waals surface area (Å²) in [7, 11) is 0. The van der Waals surface area contributed by atoms with Gasteiger partial charge in [-0.15, -0.1) is 4.99 Å². The van der Waals surface area contributed by atoms with Crippen LogP contribution in [0.4, 0.5) is 4.79 Å². The van der Waals surface area contributed by atoms with Gasteiger partial charge in [0.15, 0.2) is 0 Å². The summed E-state index contributed by atoms with van der Waals surface area (Å²) in [5.74, 6) is 0. The van der Waals surface area contributed by atoms with Crippen LogP contribution in [0.25, 0.3) is 0 Å². The van der Waals surface area contributed by atoms with E-state index in [-0.39, 0.29) is 5.11 Å². The van der Waals surface area contributed by atoms with E-state index in [9.17, 15) is 9.59 Å². The molecule has 0 aromatic rings. The zero-order valence-electron chi connectivity index (χ0n) is 4.25. The maximum Gasteiger partial charge on any atom is 0.318 e. The Morgan fingerprint density at radius 2 is 2.33 bits per heavy atom. The smallest absolute Gasteiger partial charge is 0.318 e. The molecule has 0 saturated carbocycles. The van der Waals surface area contributed by atoms with Crippen LogP contribution < -0.4 is 11.1 Å². The Bertz CT molecular complexity index is 183. The fourth-order valence-electron chi connectivity index (χ4n) is 0.175. The maximum absolute atomic E-state index is 9.92. The van der Waals surface area contributed by atoms with Crippen LogP contribution in [0.5, 0.6) is 0 Å². The lowest BCUT2D eigenvalue weighted by atomic mass is 10.9. The summed E-state index contributed by atoms with van der Waals surface area (Å²) in [6, 6.07) is -0.848. The molecule has 3 N–H and O–H groups in total. The third kappa shape index (κ3) is 4.60. The summed E-state index contributed by atoms with van der Waals surface area (Å²) in [5.41, 5.74) is 4.60. The fourth-order valence-corrected chi connectivity index (χ4v) is 0.313. The van der Waals surface area contributed by atoms with Crippen molar-refractivity contribution in [1.29, 1.82) is 0 Å². The summed E-state index contributed by atoms with van der Waals surface area (Å²) in [5, 5.41) is 1.60. The third-order valence-corrected chi connectivity index (χ3v) is 0.571. The van der Waals surface area contributed by atoms with Gasteiger partial charge in [-0.2, -0.15) is 0 Å². The van der Waals surface area contributed by atoms with Crippen molar-refractivity contribution in [3.63, 3.8) is 0 Å². The zero-order valence-corrected chi connectivity index (χ0v) is 5.07. The Morgan fingerprint density at radius 1 is 1.78 bits per heavy atom. The average Bonchev–Trinajstić information content (AvgIpc) is 1.63. The van der Waals surface area contributed by atoms with Crippen LogP contribution in [0.1, 0.15) is 0 Å². The highest BCUT2D eigenvalue weighted by Crippen LogP contribution is 1.69. The summed E-state index contributed by atoms with van der Waals surface area (Å²) in [4.78, 5) is 22.2. The highest BCUT2D eigenvalue weighted by Gasteiger charge is 1.93. The van der Waals surface area contributed by atoms with Crippen LogP contribution in [-0.2, 0) is 4.79 Å². The molecule has 0 spiro atoms. The molecule has 2 amide bonds. The second-order valence-corrected chi connectivity index (χ2v) is 1.38. The van der Waals surface area contributed by atoms with Crippen LogP contribution in [0.2, 0.25) is 0 Å². The minimum atomic E-state index is -0.848. The van der Waals surface area contributed by atoms with Crippen molar-refractivity contribution in [2.75, 3.05) is 0 Å². The van der Waals surface area contributed by atoms with Gasteiger partial charge in [-0.05, 0) is 12.2 Å².